The van der Waals surface area contributed by atoms with Crippen molar-refractivity contribution in [3.05, 3.63) is 0 Å². The largest absolute Gasteiger partial charge is 0.464 e. The van der Waals surface area contributed by atoms with Crippen LogP contribution in [0.2, 0.25) is 0 Å². The number of ketones is 1. The van der Waals surface area contributed by atoms with Crippen LogP contribution in [0.3, 0.4) is 0 Å². The van der Waals surface area contributed by atoms with Crippen LogP contribution in [-0.4, -0.2) is 54.1 Å². The molecule has 126 valence electrons. The van der Waals surface area contributed by atoms with Crippen molar-refractivity contribution in [2.45, 2.75) is 45.6 Å². The van der Waals surface area contributed by atoms with E-state index < -0.39 is 35.8 Å². The van der Waals surface area contributed by atoms with Gasteiger partial charge >= 0.3 is 11.9 Å². The third-order valence-electron chi connectivity index (χ3n) is 2.82. The first kappa shape index (κ1) is 20.0. The van der Waals surface area contributed by atoms with Gasteiger partial charge in [0.15, 0.2) is 5.78 Å². The molecular formula is C14H23NO7. The number of nitrogens with one attached hydrogen (secondary N) is 1. The Labute approximate surface area is 129 Å². The van der Waals surface area contributed by atoms with Crippen LogP contribution in [0, 0.1) is 0 Å². The quantitative estimate of drug-likeness (QED) is 0.420. The topological polar surface area (TPSA) is 119 Å². The maximum Gasteiger partial charge on any atom is 0.343 e. The number of carbonyl (C=O) groups excluding carboxylic acids is 4. The first-order chi connectivity index (χ1) is 10.3. The standard InChI is InChI=1S/C14H23NO7/c1-4-21-12(19)14(15-10(3)17,13(20)22-5-2)8-6-7-11(18)9-16/h16H,4-9H2,1-3H3,(H,15,17). The molecule has 8 heteroatoms. The normalized spacial score (nSPS) is 10.7. The summed E-state index contributed by atoms with van der Waals surface area (Å²) in [7, 11) is 0. The predicted octanol–water partition coefficient (Wildman–Crippen LogP) is -0.281. The summed E-state index contributed by atoms with van der Waals surface area (Å²) in [4.78, 5) is 46.9. The number of hydrogen-bond donors (Lipinski definition) is 2. The van der Waals surface area contributed by atoms with E-state index in [1.165, 1.54) is 0 Å². The Morgan fingerprint density at radius 1 is 1.05 bits per heavy atom. The van der Waals surface area contributed by atoms with E-state index in [0.717, 1.165) is 6.92 Å². The van der Waals surface area contributed by atoms with Crippen LogP contribution in [-0.2, 0) is 28.7 Å². The summed E-state index contributed by atoms with van der Waals surface area (Å²) in [6.07, 6.45) is -0.0794. The number of ether oxygens (including phenoxy) is 2. The zero-order chi connectivity index (χ0) is 17.2. The van der Waals surface area contributed by atoms with Gasteiger partial charge in [-0.25, -0.2) is 9.59 Å². The number of rotatable bonds is 10. The lowest BCUT2D eigenvalue weighted by Crippen LogP contribution is -2.61. The van der Waals surface area contributed by atoms with E-state index in [4.69, 9.17) is 14.6 Å². The molecule has 0 bridgehead atoms. The van der Waals surface area contributed by atoms with Crippen molar-refractivity contribution in [3.63, 3.8) is 0 Å². The number of aliphatic hydroxyl groups is 1. The van der Waals surface area contributed by atoms with Gasteiger partial charge < -0.3 is 19.9 Å². The van der Waals surface area contributed by atoms with Crippen molar-refractivity contribution in [1.82, 2.24) is 5.32 Å². The molecule has 0 fully saturated rings. The van der Waals surface area contributed by atoms with Gasteiger partial charge in [0.25, 0.3) is 0 Å². The van der Waals surface area contributed by atoms with E-state index in [0.29, 0.717) is 0 Å². The maximum atomic E-state index is 12.2. The van der Waals surface area contributed by atoms with Crippen LogP contribution >= 0.6 is 0 Å². The molecule has 0 saturated carbocycles. The molecule has 0 saturated heterocycles. The summed E-state index contributed by atoms with van der Waals surface area (Å²) in [6.45, 7) is 3.72. The maximum absolute atomic E-state index is 12.2. The first-order valence-electron chi connectivity index (χ1n) is 7.09. The van der Waals surface area contributed by atoms with Crippen molar-refractivity contribution in [1.29, 1.82) is 0 Å². The number of carbonyl (C=O) groups is 4. The number of Topliss-reactive ketones (excluding diaryl/α,β-unsaturated/α-hetero) is 1. The number of amides is 1. The van der Waals surface area contributed by atoms with Gasteiger partial charge in [-0.1, -0.05) is 0 Å². The van der Waals surface area contributed by atoms with Gasteiger partial charge in [0.05, 0.1) is 13.2 Å². The van der Waals surface area contributed by atoms with Crippen molar-refractivity contribution in [2.75, 3.05) is 19.8 Å². The molecule has 0 aliphatic heterocycles. The van der Waals surface area contributed by atoms with Crippen LogP contribution in [0.25, 0.3) is 0 Å². The van der Waals surface area contributed by atoms with Crippen molar-refractivity contribution >= 4 is 23.6 Å². The van der Waals surface area contributed by atoms with Gasteiger partial charge in [-0.05, 0) is 26.7 Å². The highest BCUT2D eigenvalue weighted by atomic mass is 16.6. The zero-order valence-corrected chi connectivity index (χ0v) is 13.1. The molecule has 0 unspecified atom stereocenters. The minimum atomic E-state index is -1.98. The molecule has 8 nitrogen and oxygen atoms in total. The van der Waals surface area contributed by atoms with Crippen LogP contribution < -0.4 is 5.32 Å². The lowest BCUT2D eigenvalue weighted by molar-refractivity contribution is -0.168. The first-order valence-corrected chi connectivity index (χ1v) is 7.09. The zero-order valence-electron chi connectivity index (χ0n) is 13.1. The average Bonchev–Trinajstić information content (AvgIpc) is 2.45. The molecule has 0 aromatic carbocycles. The second kappa shape index (κ2) is 9.88. The fourth-order valence-corrected chi connectivity index (χ4v) is 1.89. The van der Waals surface area contributed by atoms with Crippen LogP contribution in [0.15, 0.2) is 0 Å². The SMILES string of the molecule is CCOC(=O)C(CCCC(=O)CO)(NC(C)=O)C(=O)OCC. The minimum absolute atomic E-state index is 0.0230. The van der Waals surface area contributed by atoms with Crippen molar-refractivity contribution in [3.8, 4) is 0 Å². The van der Waals surface area contributed by atoms with E-state index >= 15 is 0 Å². The molecule has 0 radical (unpaired) electrons. The van der Waals surface area contributed by atoms with Gasteiger partial charge in [-0.2, -0.15) is 0 Å². The highest BCUT2D eigenvalue weighted by molar-refractivity contribution is 6.07. The monoisotopic (exact) mass is 317 g/mol. The second-order valence-corrected chi connectivity index (χ2v) is 4.58. The Hall–Kier alpha value is -1.96. The van der Waals surface area contributed by atoms with E-state index in [2.05, 4.69) is 5.32 Å². The summed E-state index contributed by atoms with van der Waals surface area (Å²) in [6, 6.07) is 0. The van der Waals surface area contributed by atoms with Crippen molar-refractivity contribution in [2.24, 2.45) is 0 Å². The molecule has 1 amide bonds. The summed E-state index contributed by atoms with van der Waals surface area (Å²) in [5.41, 5.74) is -1.98. The molecule has 0 aliphatic carbocycles. The Kier molecular flexibility index (Phi) is 9.00. The van der Waals surface area contributed by atoms with E-state index in [9.17, 15) is 19.2 Å². The highest BCUT2D eigenvalue weighted by Crippen LogP contribution is 2.20. The average molecular weight is 317 g/mol. The lowest BCUT2D eigenvalue weighted by Gasteiger charge is -2.29. The third-order valence-corrected chi connectivity index (χ3v) is 2.82. The van der Waals surface area contributed by atoms with Crippen LogP contribution in [0.5, 0.6) is 0 Å². The molecule has 0 rings (SSSR count). The Bertz CT molecular complexity index is 401. The Morgan fingerprint density at radius 2 is 1.55 bits per heavy atom. The third kappa shape index (κ3) is 5.80. The molecule has 0 heterocycles. The molecule has 22 heavy (non-hydrogen) atoms. The Balaban J connectivity index is 5.34. The summed E-state index contributed by atoms with van der Waals surface area (Å²) < 4.78 is 9.74. The molecule has 0 spiro atoms. The highest BCUT2D eigenvalue weighted by Gasteiger charge is 2.49. The number of aliphatic hydroxyl groups excluding tert-OH is 1. The molecular weight excluding hydrogens is 294 g/mol. The summed E-state index contributed by atoms with van der Waals surface area (Å²) in [5.74, 6) is -2.89. The van der Waals surface area contributed by atoms with Crippen LogP contribution in [0.4, 0.5) is 0 Å². The molecule has 0 atom stereocenters. The van der Waals surface area contributed by atoms with Crippen LogP contribution in [0.1, 0.15) is 40.0 Å². The number of esters is 2. The summed E-state index contributed by atoms with van der Waals surface area (Å²) >= 11 is 0. The molecule has 0 aliphatic rings. The predicted molar refractivity (Wildman–Crippen MR) is 75.8 cm³/mol. The fourth-order valence-electron chi connectivity index (χ4n) is 1.89. The van der Waals surface area contributed by atoms with E-state index in [1.54, 1.807) is 13.8 Å². The van der Waals surface area contributed by atoms with Gasteiger partial charge in [0.2, 0.25) is 11.4 Å². The minimum Gasteiger partial charge on any atom is -0.464 e. The van der Waals surface area contributed by atoms with E-state index in [1.807, 2.05) is 0 Å². The van der Waals surface area contributed by atoms with E-state index in [-0.39, 0.29) is 32.5 Å². The van der Waals surface area contributed by atoms with Gasteiger partial charge in [-0.15, -0.1) is 0 Å². The number of hydrogen-bond acceptors (Lipinski definition) is 7. The van der Waals surface area contributed by atoms with Crippen molar-refractivity contribution < 1.29 is 33.8 Å². The summed E-state index contributed by atoms with van der Waals surface area (Å²) in [5, 5.41) is 11.0. The molecule has 0 aromatic heterocycles. The molecule has 0 aromatic rings. The van der Waals surface area contributed by atoms with Gasteiger partial charge in [-0.3, -0.25) is 9.59 Å². The lowest BCUT2D eigenvalue weighted by atomic mass is 9.91. The Morgan fingerprint density at radius 3 is 1.91 bits per heavy atom. The molecule has 2 N–H and O–H groups in total. The van der Waals surface area contributed by atoms with Gasteiger partial charge in [0, 0.05) is 13.3 Å². The fraction of sp³-hybridized carbons (Fsp3) is 0.714. The second-order valence-electron chi connectivity index (χ2n) is 4.58. The van der Waals surface area contributed by atoms with Gasteiger partial charge in [0.1, 0.15) is 6.61 Å². The smallest absolute Gasteiger partial charge is 0.343 e.